The fourth-order valence-electron chi connectivity index (χ4n) is 2.39. The second-order valence-electron chi connectivity index (χ2n) is 5.26. The highest BCUT2D eigenvalue weighted by Crippen LogP contribution is 2.22. The number of hydrogen-bond acceptors (Lipinski definition) is 5. The SMILES string of the molecule is COCc1nc(C)cc(Nc2cnn(-c3ccccc3)c2C)n1. The van der Waals surface area contributed by atoms with Gasteiger partial charge in [-0.2, -0.15) is 5.10 Å². The van der Waals surface area contributed by atoms with Gasteiger partial charge in [0.1, 0.15) is 12.4 Å². The molecule has 6 heteroatoms. The van der Waals surface area contributed by atoms with E-state index in [1.54, 1.807) is 13.3 Å². The minimum atomic E-state index is 0.388. The highest BCUT2D eigenvalue weighted by molar-refractivity contribution is 5.59. The number of hydrogen-bond donors (Lipinski definition) is 1. The summed E-state index contributed by atoms with van der Waals surface area (Å²) in [6.07, 6.45) is 1.80. The van der Waals surface area contributed by atoms with Crippen molar-refractivity contribution in [3.05, 3.63) is 59.8 Å². The topological polar surface area (TPSA) is 64.9 Å². The van der Waals surface area contributed by atoms with Crippen LogP contribution in [0.15, 0.2) is 42.6 Å². The zero-order chi connectivity index (χ0) is 16.2. The molecule has 3 rings (SSSR count). The Balaban J connectivity index is 1.88. The van der Waals surface area contributed by atoms with Crippen molar-refractivity contribution in [3.63, 3.8) is 0 Å². The fourth-order valence-corrected chi connectivity index (χ4v) is 2.39. The van der Waals surface area contributed by atoms with Gasteiger partial charge in [0, 0.05) is 18.9 Å². The summed E-state index contributed by atoms with van der Waals surface area (Å²) in [4.78, 5) is 8.80. The van der Waals surface area contributed by atoms with E-state index >= 15 is 0 Å². The molecule has 0 atom stereocenters. The Hall–Kier alpha value is -2.73. The average Bonchev–Trinajstić information content (AvgIpc) is 2.89. The van der Waals surface area contributed by atoms with Crippen LogP contribution in [0.3, 0.4) is 0 Å². The van der Waals surface area contributed by atoms with Crippen molar-refractivity contribution in [3.8, 4) is 5.69 Å². The van der Waals surface area contributed by atoms with Crippen LogP contribution in [0.5, 0.6) is 0 Å². The van der Waals surface area contributed by atoms with Gasteiger partial charge in [0.2, 0.25) is 0 Å². The first-order valence-corrected chi connectivity index (χ1v) is 7.38. The molecule has 0 fully saturated rings. The molecule has 0 aliphatic carbocycles. The third kappa shape index (κ3) is 3.37. The summed E-state index contributed by atoms with van der Waals surface area (Å²) in [5.41, 5.74) is 3.84. The van der Waals surface area contributed by atoms with E-state index in [2.05, 4.69) is 20.4 Å². The van der Waals surface area contributed by atoms with Gasteiger partial charge >= 0.3 is 0 Å². The standard InChI is InChI=1S/C17H19N5O/c1-12-9-16(21-17(19-12)11-23-3)20-15-10-18-22(13(15)2)14-7-5-4-6-8-14/h4-10H,11H2,1-3H3,(H,19,20,21). The molecule has 2 heterocycles. The Morgan fingerprint density at radius 2 is 1.91 bits per heavy atom. The molecule has 0 aliphatic rings. The minimum absolute atomic E-state index is 0.388. The fraction of sp³-hybridized carbons (Fsp3) is 0.235. The molecule has 6 nitrogen and oxygen atoms in total. The summed E-state index contributed by atoms with van der Waals surface area (Å²) in [5, 5.41) is 7.76. The van der Waals surface area contributed by atoms with Gasteiger partial charge in [-0.3, -0.25) is 0 Å². The Labute approximate surface area is 135 Å². The number of para-hydroxylation sites is 1. The summed E-state index contributed by atoms with van der Waals surface area (Å²) in [5.74, 6) is 1.39. The molecule has 118 valence electrons. The van der Waals surface area contributed by atoms with Crippen LogP contribution in [0.1, 0.15) is 17.2 Å². The number of methoxy groups -OCH3 is 1. The number of aromatic nitrogens is 4. The van der Waals surface area contributed by atoms with Gasteiger partial charge in [0.15, 0.2) is 5.82 Å². The van der Waals surface area contributed by atoms with Crippen LogP contribution in [0.25, 0.3) is 5.69 Å². The van der Waals surface area contributed by atoms with Crippen molar-refractivity contribution in [2.75, 3.05) is 12.4 Å². The van der Waals surface area contributed by atoms with Gasteiger partial charge in [0.25, 0.3) is 0 Å². The lowest BCUT2D eigenvalue weighted by Gasteiger charge is -2.09. The summed E-state index contributed by atoms with van der Waals surface area (Å²) in [6.45, 7) is 4.34. The maximum Gasteiger partial charge on any atom is 0.156 e. The van der Waals surface area contributed by atoms with E-state index in [9.17, 15) is 0 Å². The second kappa shape index (κ2) is 6.58. The molecular formula is C17H19N5O. The lowest BCUT2D eigenvalue weighted by Crippen LogP contribution is -2.04. The zero-order valence-corrected chi connectivity index (χ0v) is 13.4. The molecule has 1 N–H and O–H groups in total. The third-order valence-corrected chi connectivity index (χ3v) is 3.45. The number of aryl methyl sites for hydroxylation is 1. The van der Waals surface area contributed by atoms with Crippen LogP contribution in [0, 0.1) is 13.8 Å². The van der Waals surface area contributed by atoms with E-state index in [1.165, 1.54) is 0 Å². The van der Waals surface area contributed by atoms with Crippen LogP contribution >= 0.6 is 0 Å². The van der Waals surface area contributed by atoms with Crippen molar-refractivity contribution < 1.29 is 4.74 Å². The normalized spacial score (nSPS) is 10.7. The van der Waals surface area contributed by atoms with Crippen LogP contribution in [0.4, 0.5) is 11.5 Å². The van der Waals surface area contributed by atoms with Crippen LogP contribution in [-0.4, -0.2) is 26.9 Å². The Morgan fingerprint density at radius 1 is 1.13 bits per heavy atom. The monoisotopic (exact) mass is 309 g/mol. The van der Waals surface area contributed by atoms with Crippen molar-refractivity contribution in [1.29, 1.82) is 0 Å². The maximum absolute atomic E-state index is 5.10. The highest BCUT2D eigenvalue weighted by atomic mass is 16.5. The molecule has 23 heavy (non-hydrogen) atoms. The molecule has 3 aromatic rings. The summed E-state index contributed by atoms with van der Waals surface area (Å²) in [6, 6.07) is 11.9. The Kier molecular flexibility index (Phi) is 4.34. The first-order chi connectivity index (χ1) is 11.2. The van der Waals surface area contributed by atoms with Gasteiger partial charge in [0.05, 0.1) is 23.3 Å². The number of rotatable bonds is 5. The van der Waals surface area contributed by atoms with Crippen molar-refractivity contribution in [1.82, 2.24) is 19.7 Å². The third-order valence-electron chi connectivity index (χ3n) is 3.45. The van der Waals surface area contributed by atoms with E-state index in [0.717, 1.165) is 28.6 Å². The van der Waals surface area contributed by atoms with Crippen molar-refractivity contribution >= 4 is 11.5 Å². The molecule has 0 bridgehead atoms. The van der Waals surface area contributed by atoms with E-state index in [4.69, 9.17) is 4.74 Å². The quantitative estimate of drug-likeness (QED) is 0.784. The molecule has 0 amide bonds. The molecule has 0 saturated carbocycles. The summed E-state index contributed by atoms with van der Waals surface area (Å²) < 4.78 is 7.00. The number of ether oxygens (including phenoxy) is 1. The van der Waals surface area contributed by atoms with Crippen molar-refractivity contribution in [2.45, 2.75) is 20.5 Å². The van der Waals surface area contributed by atoms with Gasteiger partial charge in [-0.25, -0.2) is 14.6 Å². The molecule has 0 unspecified atom stereocenters. The largest absolute Gasteiger partial charge is 0.377 e. The molecule has 2 aromatic heterocycles. The summed E-state index contributed by atoms with van der Waals surface area (Å²) in [7, 11) is 1.63. The number of benzene rings is 1. The molecule has 0 spiro atoms. The Morgan fingerprint density at radius 3 is 2.65 bits per heavy atom. The predicted molar refractivity (Wildman–Crippen MR) is 89.1 cm³/mol. The van der Waals surface area contributed by atoms with Crippen LogP contribution in [-0.2, 0) is 11.3 Å². The minimum Gasteiger partial charge on any atom is -0.377 e. The van der Waals surface area contributed by atoms with Gasteiger partial charge in [-0.05, 0) is 26.0 Å². The molecule has 1 aromatic carbocycles. The highest BCUT2D eigenvalue weighted by Gasteiger charge is 2.10. The predicted octanol–water partition coefficient (Wildman–Crippen LogP) is 3.17. The smallest absolute Gasteiger partial charge is 0.156 e. The van der Waals surface area contributed by atoms with Gasteiger partial charge in [-0.15, -0.1) is 0 Å². The average molecular weight is 309 g/mol. The maximum atomic E-state index is 5.10. The lowest BCUT2D eigenvalue weighted by molar-refractivity contribution is 0.177. The van der Waals surface area contributed by atoms with Crippen LogP contribution < -0.4 is 5.32 Å². The van der Waals surface area contributed by atoms with E-state index in [-0.39, 0.29) is 0 Å². The molecule has 0 aliphatic heterocycles. The molecule has 0 saturated heterocycles. The number of anilines is 2. The molecule has 0 radical (unpaired) electrons. The number of nitrogens with zero attached hydrogens (tertiary/aromatic N) is 4. The summed E-state index contributed by atoms with van der Waals surface area (Å²) >= 11 is 0. The lowest BCUT2D eigenvalue weighted by atomic mass is 10.3. The van der Waals surface area contributed by atoms with Crippen molar-refractivity contribution in [2.24, 2.45) is 0 Å². The second-order valence-corrected chi connectivity index (χ2v) is 5.26. The molecular weight excluding hydrogens is 290 g/mol. The van der Waals surface area contributed by atoms with Crippen LogP contribution in [0.2, 0.25) is 0 Å². The van der Waals surface area contributed by atoms with Gasteiger partial charge in [-0.1, -0.05) is 18.2 Å². The zero-order valence-electron chi connectivity index (χ0n) is 13.4. The van der Waals surface area contributed by atoms with Gasteiger partial charge < -0.3 is 10.1 Å². The number of nitrogens with one attached hydrogen (secondary N) is 1. The first kappa shape index (κ1) is 15.2. The first-order valence-electron chi connectivity index (χ1n) is 7.38. The Bertz CT molecular complexity index is 798. The van der Waals surface area contributed by atoms with E-state index in [1.807, 2.05) is 54.9 Å². The van der Waals surface area contributed by atoms with E-state index in [0.29, 0.717) is 12.4 Å². The van der Waals surface area contributed by atoms with E-state index < -0.39 is 0 Å².